The molecule has 4 nitrogen and oxygen atoms in total. The first-order valence-electron chi connectivity index (χ1n) is 8.39. The van der Waals surface area contributed by atoms with E-state index >= 15 is 0 Å². The molecule has 1 saturated heterocycles. The number of benzene rings is 1. The second-order valence-electron chi connectivity index (χ2n) is 6.09. The molecule has 0 unspecified atom stereocenters. The summed E-state index contributed by atoms with van der Waals surface area (Å²) in [5, 5.41) is 0. The standard InChI is InChI=1S/C18H28N2O2/c1-2-3-9-17(18(19)21)20-12-10-16(11-13-20)22-14-15-7-5-4-6-8-15/h4-8,16-17H,2-3,9-14H2,1H3,(H2,19,21)/t17-/m0/s1. The first kappa shape index (κ1) is 17.0. The first-order valence-corrected chi connectivity index (χ1v) is 8.39. The maximum atomic E-state index is 11.6. The van der Waals surface area contributed by atoms with Gasteiger partial charge in [0.1, 0.15) is 0 Å². The van der Waals surface area contributed by atoms with Crippen LogP contribution < -0.4 is 5.73 Å². The molecule has 2 N–H and O–H groups in total. The molecule has 1 aliphatic rings. The summed E-state index contributed by atoms with van der Waals surface area (Å²) in [5.74, 6) is -0.183. The van der Waals surface area contributed by atoms with Gasteiger partial charge in [-0.3, -0.25) is 9.69 Å². The van der Waals surface area contributed by atoms with Crippen molar-refractivity contribution in [3.63, 3.8) is 0 Å². The lowest BCUT2D eigenvalue weighted by atomic mass is 10.0. The maximum absolute atomic E-state index is 11.6. The summed E-state index contributed by atoms with van der Waals surface area (Å²) >= 11 is 0. The molecule has 1 heterocycles. The van der Waals surface area contributed by atoms with Crippen LogP contribution in [0.15, 0.2) is 30.3 Å². The van der Waals surface area contributed by atoms with Gasteiger partial charge in [-0.2, -0.15) is 0 Å². The Morgan fingerprint density at radius 3 is 2.59 bits per heavy atom. The van der Waals surface area contributed by atoms with Crippen molar-refractivity contribution in [2.24, 2.45) is 5.73 Å². The summed E-state index contributed by atoms with van der Waals surface area (Å²) < 4.78 is 6.00. The van der Waals surface area contributed by atoms with Gasteiger partial charge >= 0.3 is 0 Å². The number of carbonyl (C=O) groups is 1. The zero-order valence-electron chi connectivity index (χ0n) is 13.5. The number of ether oxygens (including phenoxy) is 1. The zero-order chi connectivity index (χ0) is 15.8. The van der Waals surface area contributed by atoms with Crippen LogP contribution in [-0.4, -0.2) is 36.0 Å². The van der Waals surface area contributed by atoms with Gasteiger partial charge < -0.3 is 10.5 Å². The maximum Gasteiger partial charge on any atom is 0.234 e. The van der Waals surface area contributed by atoms with E-state index in [9.17, 15) is 4.79 Å². The van der Waals surface area contributed by atoms with E-state index in [1.807, 2.05) is 18.2 Å². The van der Waals surface area contributed by atoms with E-state index in [-0.39, 0.29) is 18.1 Å². The molecule has 1 amide bonds. The Bertz CT molecular complexity index is 442. The quantitative estimate of drug-likeness (QED) is 0.803. The van der Waals surface area contributed by atoms with Crippen molar-refractivity contribution in [3.8, 4) is 0 Å². The van der Waals surface area contributed by atoms with Gasteiger partial charge in [-0.05, 0) is 24.8 Å². The molecule has 2 rings (SSSR count). The summed E-state index contributed by atoms with van der Waals surface area (Å²) in [5.41, 5.74) is 6.78. The van der Waals surface area contributed by atoms with Gasteiger partial charge in [-0.15, -0.1) is 0 Å². The van der Waals surface area contributed by atoms with Crippen LogP contribution in [0, 0.1) is 0 Å². The molecule has 0 aliphatic carbocycles. The molecule has 0 bridgehead atoms. The summed E-state index contributed by atoms with van der Waals surface area (Å²) in [4.78, 5) is 13.9. The van der Waals surface area contributed by atoms with Crippen molar-refractivity contribution in [1.82, 2.24) is 4.90 Å². The minimum Gasteiger partial charge on any atom is -0.373 e. The molecule has 1 atom stereocenters. The summed E-state index contributed by atoms with van der Waals surface area (Å²) in [6.07, 6.45) is 5.27. The minimum absolute atomic E-state index is 0.102. The van der Waals surface area contributed by atoms with E-state index in [4.69, 9.17) is 10.5 Å². The van der Waals surface area contributed by atoms with E-state index in [0.29, 0.717) is 6.61 Å². The van der Waals surface area contributed by atoms with Crippen molar-refractivity contribution >= 4 is 5.91 Å². The van der Waals surface area contributed by atoms with Crippen molar-refractivity contribution in [3.05, 3.63) is 35.9 Å². The van der Waals surface area contributed by atoms with Crippen molar-refractivity contribution in [1.29, 1.82) is 0 Å². The van der Waals surface area contributed by atoms with Gasteiger partial charge in [0.05, 0.1) is 18.8 Å². The molecule has 22 heavy (non-hydrogen) atoms. The fourth-order valence-corrected chi connectivity index (χ4v) is 3.04. The number of rotatable bonds is 8. The molecule has 1 aliphatic heterocycles. The lowest BCUT2D eigenvalue weighted by Gasteiger charge is -2.36. The number of unbranched alkanes of at least 4 members (excludes halogenated alkanes) is 1. The third-order valence-electron chi connectivity index (χ3n) is 4.41. The van der Waals surface area contributed by atoms with Gasteiger partial charge in [-0.1, -0.05) is 50.1 Å². The SMILES string of the molecule is CCCC[C@@H](C(N)=O)N1CCC(OCc2ccccc2)CC1. The zero-order valence-corrected chi connectivity index (χ0v) is 13.5. The highest BCUT2D eigenvalue weighted by molar-refractivity contribution is 5.79. The Labute approximate surface area is 133 Å². The predicted octanol–water partition coefficient (Wildman–Crippen LogP) is 2.71. The highest BCUT2D eigenvalue weighted by Gasteiger charge is 2.28. The Morgan fingerprint density at radius 2 is 2.00 bits per heavy atom. The predicted molar refractivity (Wildman–Crippen MR) is 88.3 cm³/mol. The Morgan fingerprint density at radius 1 is 1.32 bits per heavy atom. The Kier molecular flexibility index (Phi) is 6.87. The van der Waals surface area contributed by atoms with Gasteiger partial charge in [0.2, 0.25) is 5.91 Å². The van der Waals surface area contributed by atoms with Gasteiger partial charge in [0.15, 0.2) is 0 Å². The minimum atomic E-state index is -0.183. The van der Waals surface area contributed by atoms with Gasteiger partial charge in [0, 0.05) is 13.1 Å². The van der Waals surface area contributed by atoms with Crippen LogP contribution in [0.5, 0.6) is 0 Å². The average molecular weight is 304 g/mol. The van der Waals surface area contributed by atoms with E-state index in [0.717, 1.165) is 45.2 Å². The number of hydrogen-bond donors (Lipinski definition) is 1. The second-order valence-corrected chi connectivity index (χ2v) is 6.09. The van der Waals surface area contributed by atoms with Crippen LogP contribution in [0.2, 0.25) is 0 Å². The van der Waals surface area contributed by atoms with Crippen LogP contribution in [0.1, 0.15) is 44.6 Å². The number of nitrogens with zero attached hydrogens (tertiary/aromatic N) is 1. The molecular weight excluding hydrogens is 276 g/mol. The number of likely N-dealkylation sites (tertiary alicyclic amines) is 1. The smallest absolute Gasteiger partial charge is 0.234 e. The summed E-state index contributed by atoms with van der Waals surface area (Å²) in [7, 11) is 0. The molecular formula is C18H28N2O2. The fraction of sp³-hybridized carbons (Fsp3) is 0.611. The normalized spacial score (nSPS) is 18.2. The Balaban J connectivity index is 1.75. The van der Waals surface area contributed by atoms with Crippen LogP contribution in [0.3, 0.4) is 0 Å². The van der Waals surface area contributed by atoms with Crippen LogP contribution in [0.25, 0.3) is 0 Å². The van der Waals surface area contributed by atoms with E-state index < -0.39 is 0 Å². The number of hydrogen-bond acceptors (Lipinski definition) is 3. The molecule has 1 fully saturated rings. The number of nitrogens with two attached hydrogens (primary N) is 1. The number of piperidine rings is 1. The van der Waals surface area contributed by atoms with E-state index in [2.05, 4.69) is 24.0 Å². The molecule has 0 saturated carbocycles. The van der Waals surface area contributed by atoms with Crippen molar-refractivity contribution < 1.29 is 9.53 Å². The topological polar surface area (TPSA) is 55.6 Å². The molecule has 1 aromatic carbocycles. The van der Waals surface area contributed by atoms with Crippen LogP contribution in [0.4, 0.5) is 0 Å². The molecule has 0 radical (unpaired) electrons. The molecule has 0 aromatic heterocycles. The highest BCUT2D eigenvalue weighted by atomic mass is 16.5. The molecule has 1 aromatic rings. The third-order valence-corrected chi connectivity index (χ3v) is 4.41. The second kappa shape index (κ2) is 8.91. The van der Waals surface area contributed by atoms with E-state index in [1.165, 1.54) is 5.56 Å². The monoisotopic (exact) mass is 304 g/mol. The third kappa shape index (κ3) is 5.11. The van der Waals surface area contributed by atoms with Crippen LogP contribution in [-0.2, 0) is 16.1 Å². The largest absolute Gasteiger partial charge is 0.373 e. The van der Waals surface area contributed by atoms with Gasteiger partial charge in [0.25, 0.3) is 0 Å². The van der Waals surface area contributed by atoms with Gasteiger partial charge in [-0.25, -0.2) is 0 Å². The van der Waals surface area contributed by atoms with E-state index in [1.54, 1.807) is 0 Å². The summed E-state index contributed by atoms with van der Waals surface area (Å²) in [6, 6.07) is 10.2. The average Bonchev–Trinajstić information content (AvgIpc) is 2.55. The molecule has 122 valence electrons. The summed E-state index contributed by atoms with van der Waals surface area (Å²) in [6.45, 7) is 4.61. The van der Waals surface area contributed by atoms with Crippen LogP contribution >= 0.6 is 0 Å². The number of carbonyl (C=O) groups excluding carboxylic acids is 1. The fourth-order valence-electron chi connectivity index (χ4n) is 3.04. The highest BCUT2D eigenvalue weighted by Crippen LogP contribution is 2.19. The lowest BCUT2D eigenvalue weighted by Crippen LogP contribution is -2.49. The van der Waals surface area contributed by atoms with Crippen molar-refractivity contribution in [2.45, 2.75) is 57.8 Å². The molecule has 0 spiro atoms. The first-order chi connectivity index (χ1) is 10.7. The number of primary amides is 1. The van der Waals surface area contributed by atoms with Crippen molar-refractivity contribution in [2.75, 3.05) is 13.1 Å². The number of amides is 1. The molecule has 4 heteroatoms. The lowest BCUT2D eigenvalue weighted by molar-refractivity contribution is -0.124. The Hall–Kier alpha value is -1.39.